The molecule has 2 aliphatic rings. The molecule has 1 aromatic rings. The van der Waals surface area contributed by atoms with Crippen LogP contribution in [0.15, 0.2) is 18.2 Å². The molecule has 0 aromatic heterocycles. The van der Waals surface area contributed by atoms with Gasteiger partial charge in [-0.2, -0.15) is 0 Å². The molecule has 22 heavy (non-hydrogen) atoms. The normalized spacial score (nSPS) is 18.2. The Morgan fingerprint density at radius 2 is 2.05 bits per heavy atom. The molecule has 2 amide bonds. The van der Waals surface area contributed by atoms with Gasteiger partial charge in [0, 0.05) is 12.6 Å². The van der Waals surface area contributed by atoms with Crippen molar-refractivity contribution in [2.24, 2.45) is 0 Å². The smallest absolute Gasteiger partial charge is 0.315 e. The number of fused-ring (bicyclic) bond motifs is 1. The number of aliphatic hydroxyl groups is 1. The maximum Gasteiger partial charge on any atom is 0.315 e. The molecule has 1 aromatic carbocycles. The van der Waals surface area contributed by atoms with Gasteiger partial charge in [0.25, 0.3) is 0 Å². The molecule has 120 valence electrons. The van der Waals surface area contributed by atoms with Gasteiger partial charge >= 0.3 is 6.03 Å². The monoisotopic (exact) mass is 306 g/mol. The molecule has 3 N–H and O–H groups in total. The number of hydrogen-bond donors (Lipinski definition) is 3. The van der Waals surface area contributed by atoms with Gasteiger partial charge in [-0.1, -0.05) is 18.9 Å². The lowest BCUT2D eigenvalue weighted by molar-refractivity contribution is 0.165. The van der Waals surface area contributed by atoms with E-state index in [-0.39, 0.29) is 12.8 Å². The number of rotatable bonds is 5. The summed E-state index contributed by atoms with van der Waals surface area (Å²) < 4.78 is 10.5. The van der Waals surface area contributed by atoms with Gasteiger partial charge < -0.3 is 25.2 Å². The van der Waals surface area contributed by atoms with E-state index in [9.17, 15) is 9.90 Å². The van der Waals surface area contributed by atoms with Crippen molar-refractivity contribution in [1.82, 2.24) is 10.6 Å². The van der Waals surface area contributed by atoms with Gasteiger partial charge in [-0.15, -0.1) is 0 Å². The lowest BCUT2D eigenvalue weighted by Crippen LogP contribution is -2.41. The molecular weight excluding hydrogens is 284 g/mol. The highest BCUT2D eigenvalue weighted by atomic mass is 16.7. The van der Waals surface area contributed by atoms with Gasteiger partial charge in [-0.25, -0.2) is 4.79 Å². The van der Waals surface area contributed by atoms with Crippen molar-refractivity contribution in [2.75, 3.05) is 13.3 Å². The van der Waals surface area contributed by atoms with Gasteiger partial charge in [0.2, 0.25) is 6.79 Å². The number of amides is 2. The lowest BCUT2D eigenvalue weighted by Gasteiger charge is -2.15. The van der Waals surface area contributed by atoms with E-state index < -0.39 is 6.10 Å². The molecule has 1 atom stereocenters. The van der Waals surface area contributed by atoms with Crippen LogP contribution in [0.5, 0.6) is 11.5 Å². The molecule has 3 rings (SSSR count). The first-order valence-corrected chi connectivity index (χ1v) is 7.84. The summed E-state index contributed by atoms with van der Waals surface area (Å²) in [6, 6.07) is 5.55. The van der Waals surface area contributed by atoms with E-state index in [1.54, 1.807) is 12.1 Å². The van der Waals surface area contributed by atoms with Gasteiger partial charge in [0.05, 0.1) is 6.10 Å². The molecule has 0 bridgehead atoms. The van der Waals surface area contributed by atoms with Crippen LogP contribution in [-0.4, -0.2) is 30.5 Å². The van der Waals surface area contributed by atoms with Gasteiger partial charge in [0.15, 0.2) is 11.5 Å². The minimum absolute atomic E-state index is 0.148. The zero-order chi connectivity index (χ0) is 15.4. The minimum Gasteiger partial charge on any atom is -0.454 e. The van der Waals surface area contributed by atoms with Crippen LogP contribution < -0.4 is 20.1 Å². The van der Waals surface area contributed by atoms with Gasteiger partial charge in [0.1, 0.15) is 0 Å². The molecule has 0 spiro atoms. The van der Waals surface area contributed by atoms with Crippen LogP contribution in [0.25, 0.3) is 0 Å². The average molecular weight is 306 g/mol. The Balaban J connectivity index is 1.42. The highest BCUT2D eigenvalue weighted by Gasteiger charge is 2.18. The van der Waals surface area contributed by atoms with Crippen LogP contribution >= 0.6 is 0 Å². The molecule has 0 saturated heterocycles. The Bertz CT molecular complexity index is 529. The fourth-order valence-corrected chi connectivity index (χ4v) is 2.92. The molecule has 1 heterocycles. The van der Waals surface area contributed by atoms with Crippen molar-refractivity contribution in [3.63, 3.8) is 0 Å². The number of urea groups is 1. The number of hydrogen-bond acceptors (Lipinski definition) is 4. The summed E-state index contributed by atoms with van der Waals surface area (Å²) in [7, 11) is 0. The SMILES string of the molecule is O=C(NCCC(O)c1ccc2c(c1)OCO2)NC1CCCC1. The highest BCUT2D eigenvalue weighted by molar-refractivity contribution is 5.74. The van der Waals surface area contributed by atoms with Crippen molar-refractivity contribution in [1.29, 1.82) is 0 Å². The zero-order valence-electron chi connectivity index (χ0n) is 12.5. The number of nitrogens with one attached hydrogen (secondary N) is 2. The van der Waals surface area contributed by atoms with Crippen molar-refractivity contribution in [2.45, 2.75) is 44.2 Å². The summed E-state index contributed by atoms with van der Waals surface area (Å²) >= 11 is 0. The second-order valence-corrected chi connectivity index (χ2v) is 5.80. The topological polar surface area (TPSA) is 79.8 Å². The van der Waals surface area contributed by atoms with Gasteiger partial charge in [-0.05, 0) is 37.0 Å². The summed E-state index contributed by atoms with van der Waals surface area (Å²) in [6.45, 7) is 0.645. The largest absolute Gasteiger partial charge is 0.454 e. The van der Waals surface area contributed by atoms with Gasteiger partial charge in [-0.3, -0.25) is 0 Å². The third kappa shape index (κ3) is 3.62. The number of carbonyl (C=O) groups excluding carboxylic acids is 1. The number of aliphatic hydroxyl groups excluding tert-OH is 1. The Morgan fingerprint density at radius 3 is 2.86 bits per heavy atom. The van der Waals surface area contributed by atoms with Crippen LogP contribution in [0, 0.1) is 0 Å². The Hall–Kier alpha value is -1.95. The van der Waals surface area contributed by atoms with Crippen molar-refractivity contribution < 1.29 is 19.4 Å². The zero-order valence-corrected chi connectivity index (χ0v) is 12.5. The van der Waals surface area contributed by atoms with E-state index in [2.05, 4.69) is 10.6 Å². The van der Waals surface area contributed by atoms with E-state index in [1.807, 2.05) is 6.07 Å². The summed E-state index contributed by atoms with van der Waals surface area (Å²) in [5.74, 6) is 1.36. The predicted octanol–water partition coefficient (Wildman–Crippen LogP) is 2.08. The molecular formula is C16H22N2O4. The molecule has 0 radical (unpaired) electrons. The summed E-state index contributed by atoms with van der Waals surface area (Å²) in [6.07, 6.45) is 4.32. The first-order chi connectivity index (χ1) is 10.7. The fraction of sp³-hybridized carbons (Fsp3) is 0.562. The first-order valence-electron chi connectivity index (χ1n) is 7.84. The van der Waals surface area contributed by atoms with Crippen molar-refractivity contribution in [3.05, 3.63) is 23.8 Å². The maximum atomic E-state index is 11.7. The number of ether oxygens (including phenoxy) is 2. The second-order valence-electron chi connectivity index (χ2n) is 5.80. The van der Waals surface area contributed by atoms with Crippen LogP contribution in [-0.2, 0) is 0 Å². The number of carbonyl (C=O) groups is 1. The number of benzene rings is 1. The van der Waals surface area contributed by atoms with E-state index in [4.69, 9.17) is 9.47 Å². The summed E-state index contributed by atoms with van der Waals surface area (Å²) in [4.78, 5) is 11.7. The molecule has 6 nitrogen and oxygen atoms in total. The average Bonchev–Trinajstić information content (AvgIpc) is 3.17. The molecule has 6 heteroatoms. The minimum atomic E-state index is -0.638. The third-order valence-electron chi connectivity index (χ3n) is 4.18. The Labute approximate surface area is 129 Å². The van der Waals surface area contributed by atoms with Crippen molar-refractivity contribution in [3.8, 4) is 11.5 Å². The maximum absolute atomic E-state index is 11.7. The Morgan fingerprint density at radius 1 is 1.27 bits per heavy atom. The van der Waals surface area contributed by atoms with E-state index in [0.29, 0.717) is 30.5 Å². The van der Waals surface area contributed by atoms with Crippen molar-refractivity contribution >= 4 is 6.03 Å². The first kappa shape index (κ1) is 15.0. The van der Waals surface area contributed by atoms with E-state index >= 15 is 0 Å². The molecule has 1 unspecified atom stereocenters. The van der Waals surface area contributed by atoms with Crippen LogP contribution in [0.1, 0.15) is 43.8 Å². The molecule has 1 fully saturated rings. The van der Waals surface area contributed by atoms with Crippen LogP contribution in [0.4, 0.5) is 4.79 Å². The molecule has 1 aliphatic heterocycles. The Kier molecular flexibility index (Phi) is 4.68. The molecule has 1 saturated carbocycles. The molecule has 1 aliphatic carbocycles. The second kappa shape index (κ2) is 6.87. The third-order valence-corrected chi connectivity index (χ3v) is 4.18. The highest BCUT2D eigenvalue weighted by Crippen LogP contribution is 2.34. The van der Waals surface area contributed by atoms with Crippen LogP contribution in [0.3, 0.4) is 0 Å². The quantitative estimate of drug-likeness (QED) is 0.778. The fourth-order valence-electron chi connectivity index (χ4n) is 2.92. The lowest BCUT2D eigenvalue weighted by atomic mass is 10.1. The summed E-state index contributed by atoms with van der Waals surface area (Å²) in [5.41, 5.74) is 0.766. The van der Waals surface area contributed by atoms with E-state index in [1.165, 1.54) is 12.8 Å². The standard InChI is InChI=1S/C16H22N2O4/c19-13(11-5-6-14-15(9-11)22-10-21-14)7-8-17-16(20)18-12-3-1-2-4-12/h5-6,9,12-13,19H,1-4,7-8,10H2,(H2,17,18,20). The predicted molar refractivity (Wildman–Crippen MR) is 80.9 cm³/mol. The summed E-state index contributed by atoms with van der Waals surface area (Å²) in [5, 5.41) is 15.9. The van der Waals surface area contributed by atoms with Crippen LogP contribution in [0.2, 0.25) is 0 Å². The van der Waals surface area contributed by atoms with E-state index in [0.717, 1.165) is 18.4 Å².